The summed E-state index contributed by atoms with van der Waals surface area (Å²) in [5, 5.41) is 12.3. The number of ether oxygens (including phenoxy) is 1. The summed E-state index contributed by atoms with van der Waals surface area (Å²) in [6, 6.07) is 27.2. The van der Waals surface area contributed by atoms with Crippen LogP contribution in [0, 0.1) is 6.92 Å². The first kappa shape index (κ1) is 22.9. The minimum atomic E-state index is -1.09. The van der Waals surface area contributed by atoms with Crippen molar-refractivity contribution in [2.24, 2.45) is 0 Å². The van der Waals surface area contributed by atoms with Gasteiger partial charge in [0.2, 0.25) is 0 Å². The Morgan fingerprint density at radius 1 is 0.914 bits per heavy atom. The maximum absolute atomic E-state index is 12.6. The van der Waals surface area contributed by atoms with Crippen LogP contribution >= 0.6 is 11.3 Å². The third kappa shape index (κ3) is 4.84. The Morgan fingerprint density at radius 2 is 1.54 bits per heavy atom. The molecule has 0 fully saturated rings. The molecule has 0 saturated carbocycles. The summed E-state index contributed by atoms with van der Waals surface area (Å²) in [6.07, 6.45) is -0.537. The van der Waals surface area contributed by atoms with Crippen molar-refractivity contribution in [2.75, 3.05) is 6.61 Å². The third-order valence-corrected chi connectivity index (χ3v) is 7.49. The summed E-state index contributed by atoms with van der Waals surface area (Å²) in [7, 11) is 0. The molecule has 0 spiro atoms. The number of fused-ring (bicyclic) bond motifs is 3. The summed E-state index contributed by atoms with van der Waals surface area (Å²) in [5.74, 6) is -1.17. The molecule has 1 amide bonds. The van der Waals surface area contributed by atoms with Gasteiger partial charge in [0, 0.05) is 22.1 Å². The first-order chi connectivity index (χ1) is 17.0. The molecule has 0 bridgehead atoms. The third-order valence-electron chi connectivity index (χ3n) is 6.34. The van der Waals surface area contributed by atoms with Gasteiger partial charge in [0.15, 0.2) is 0 Å². The number of nitrogens with one attached hydrogen (secondary N) is 1. The molecule has 2 N–H and O–H groups in total. The van der Waals surface area contributed by atoms with Crippen molar-refractivity contribution in [3.05, 3.63) is 106 Å². The van der Waals surface area contributed by atoms with Gasteiger partial charge in [-0.15, -0.1) is 11.3 Å². The smallest absolute Gasteiger partial charge is 0.407 e. The molecule has 1 atom stereocenters. The molecule has 3 aromatic carbocycles. The van der Waals surface area contributed by atoms with Crippen LogP contribution in [0.1, 0.15) is 27.5 Å². The molecule has 1 heterocycles. The van der Waals surface area contributed by atoms with Crippen LogP contribution in [0.25, 0.3) is 21.6 Å². The van der Waals surface area contributed by atoms with Crippen molar-refractivity contribution in [2.45, 2.75) is 25.3 Å². The fourth-order valence-electron chi connectivity index (χ4n) is 4.54. The standard InChI is InChI=1S/C29H25NO4S/c1-18-10-12-19(13-11-18)27-15-14-20(35-27)16-26(28(31)32)30-29(33)34-17-25-23-8-4-2-6-21(23)22-7-3-5-9-24(22)25/h2-15,25-26H,16-17H2,1H3,(H,30,33)(H,31,32). The highest BCUT2D eigenvalue weighted by Gasteiger charge is 2.30. The van der Waals surface area contributed by atoms with Crippen molar-refractivity contribution in [3.63, 3.8) is 0 Å². The number of carbonyl (C=O) groups is 2. The van der Waals surface area contributed by atoms with Crippen LogP contribution in [0.2, 0.25) is 0 Å². The summed E-state index contributed by atoms with van der Waals surface area (Å²) in [5.41, 5.74) is 6.77. The average Bonchev–Trinajstić information content (AvgIpc) is 3.45. The predicted octanol–water partition coefficient (Wildman–Crippen LogP) is 6.26. The Balaban J connectivity index is 1.23. The molecular formula is C29H25NO4S. The van der Waals surface area contributed by atoms with Gasteiger partial charge in [-0.25, -0.2) is 9.59 Å². The molecule has 1 unspecified atom stereocenters. The lowest BCUT2D eigenvalue weighted by Crippen LogP contribution is -2.42. The summed E-state index contributed by atoms with van der Waals surface area (Å²) >= 11 is 1.53. The molecule has 35 heavy (non-hydrogen) atoms. The average molecular weight is 484 g/mol. The van der Waals surface area contributed by atoms with Crippen LogP contribution in [-0.2, 0) is 16.0 Å². The van der Waals surface area contributed by atoms with Crippen molar-refractivity contribution >= 4 is 23.4 Å². The van der Waals surface area contributed by atoms with Gasteiger partial charge in [-0.2, -0.15) is 0 Å². The fourth-order valence-corrected chi connectivity index (χ4v) is 5.60. The number of benzene rings is 3. The van der Waals surface area contributed by atoms with Crippen LogP contribution in [-0.4, -0.2) is 29.8 Å². The Hall–Kier alpha value is -3.90. The number of hydrogen-bond donors (Lipinski definition) is 2. The highest BCUT2D eigenvalue weighted by atomic mass is 32.1. The van der Waals surface area contributed by atoms with Gasteiger partial charge in [-0.3, -0.25) is 0 Å². The van der Waals surface area contributed by atoms with Crippen molar-refractivity contribution < 1.29 is 19.4 Å². The minimum Gasteiger partial charge on any atom is -0.480 e. The van der Waals surface area contributed by atoms with Gasteiger partial charge >= 0.3 is 12.1 Å². The molecule has 6 heteroatoms. The highest BCUT2D eigenvalue weighted by molar-refractivity contribution is 7.15. The van der Waals surface area contributed by atoms with Crippen molar-refractivity contribution in [3.8, 4) is 21.6 Å². The molecule has 176 valence electrons. The number of carbonyl (C=O) groups excluding carboxylic acids is 1. The van der Waals surface area contributed by atoms with Gasteiger partial charge in [0.05, 0.1) is 0 Å². The van der Waals surface area contributed by atoms with E-state index < -0.39 is 18.1 Å². The van der Waals surface area contributed by atoms with E-state index in [1.807, 2.05) is 67.6 Å². The topological polar surface area (TPSA) is 75.6 Å². The van der Waals surface area contributed by atoms with E-state index in [0.717, 1.165) is 37.6 Å². The van der Waals surface area contributed by atoms with E-state index in [4.69, 9.17) is 4.74 Å². The highest BCUT2D eigenvalue weighted by Crippen LogP contribution is 2.44. The quantitative estimate of drug-likeness (QED) is 0.325. The fraction of sp³-hybridized carbons (Fsp3) is 0.172. The van der Waals surface area contributed by atoms with Crippen LogP contribution in [0.15, 0.2) is 84.9 Å². The maximum atomic E-state index is 12.6. The molecule has 1 aromatic heterocycles. The molecule has 0 radical (unpaired) electrons. The normalized spacial score (nSPS) is 13.1. The van der Waals surface area contributed by atoms with Gasteiger partial charge in [0.1, 0.15) is 12.6 Å². The molecule has 1 aliphatic carbocycles. The first-order valence-corrected chi connectivity index (χ1v) is 12.3. The summed E-state index contributed by atoms with van der Waals surface area (Å²) in [4.78, 5) is 26.4. The number of rotatable bonds is 7. The lowest BCUT2D eigenvalue weighted by molar-refractivity contribution is -0.139. The Bertz CT molecular complexity index is 1330. The molecular weight excluding hydrogens is 458 g/mol. The van der Waals surface area contributed by atoms with Crippen LogP contribution < -0.4 is 5.32 Å². The number of amides is 1. The lowest BCUT2D eigenvalue weighted by Gasteiger charge is -2.17. The van der Waals surface area contributed by atoms with E-state index >= 15 is 0 Å². The van der Waals surface area contributed by atoms with E-state index in [0.29, 0.717) is 0 Å². The number of carboxylic acids is 1. The largest absolute Gasteiger partial charge is 0.480 e. The van der Waals surface area contributed by atoms with Gasteiger partial charge < -0.3 is 15.2 Å². The predicted molar refractivity (Wildman–Crippen MR) is 138 cm³/mol. The van der Waals surface area contributed by atoms with Gasteiger partial charge in [0.25, 0.3) is 0 Å². The van der Waals surface area contributed by atoms with E-state index in [2.05, 4.69) is 29.6 Å². The number of hydrogen-bond acceptors (Lipinski definition) is 4. The zero-order valence-corrected chi connectivity index (χ0v) is 20.0. The Kier molecular flexibility index (Phi) is 6.38. The molecule has 5 nitrogen and oxygen atoms in total. The second-order valence-electron chi connectivity index (χ2n) is 8.70. The maximum Gasteiger partial charge on any atom is 0.407 e. The lowest BCUT2D eigenvalue weighted by atomic mass is 9.98. The molecule has 5 rings (SSSR count). The molecule has 1 aliphatic rings. The summed E-state index contributed by atoms with van der Waals surface area (Å²) in [6.45, 7) is 2.18. The zero-order chi connectivity index (χ0) is 24.4. The van der Waals surface area contributed by atoms with Gasteiger partial charge in [-0.1, -0.05) is 78.4 Å². The number of aryl methyl sites for hydroxylation is 1. The Labute approximate surface area is 208 Å². The van der Waals surface area contributed by atoms with E-state index in [-0.39, 0.29) is 18.9 Å². The SMILES string of the molecule is Cc1ccc(-c2ccc(CC(NC(=O)OCC3c4ccccc4-c4ccccc43)C(=O)O)s2)cc1. The monoisotopic (exact) mass is 483 g/mol. The van der Waals surface area contributed by atoms with Gasteiger partial charge in [-0.05, 0) is 46.9 Å². The van der Waals surface area contributed by atoms with Crippen LogP contribution in [0.3, 0.4) is 0 Å². The number of thiophene rings is 1. The minimum absolute atomic E-state index is 0.0780. The van der Waals surface area contributed by atoms with E-state index in [1.165, 1.54) is 16.9 Å². The number of carboxylic acid groups (broad SMARTS) is 1. The second kappa shape index (κ2) is 9.76. The van der Waals surface area contributed by atoms with Crippen LogP contribution in [0.5, 0.6) is 0 Å². The van der Waals surface area contributed by atoms with Crippen molar-refractivity contribution in [1.82, 2.24) is 5.32 Å². The molecule has 4 aromatic rings. The molecule has 0 aliphatic heterocycles. The van der Waals surface area contributed by atoms with Crippen molar-refractivity contribution in [1.29, 1.82) is 0 Å². The van der Waals surface area contributed by atoms with Crippen LogP contribution in [0.4, 0.5) is 4.79 Å². The van der Waals surface area contributed by atoms with E-state index in [9.17, 15) is 14.7 Å². The Morgan fingerprint density at radius 3 is 2.17 bits per heavy atom. The second-order valence-corrected chi connectivity index (χ2v) is 9.87. The summed E-state index contributed by atoms with van der Waals surface area (Å²) < 4.78 is 5.53. The first-order valence-electron chi connectivity index (χ1n) is 11.5. The van der Waals surface area contributed by atoms with E-state index in [1.54, 1.807) is 0 Å². The number of aliphatic carboxylic acids is 1. The zero-order valence-electron chi connectivity index (χ0n) is 19.2. The number of alkyl carbamates (subject to hydrolysis) is 1. The molecule has 0 saturated heterocycles.